The normalized spacial score (nSPS) is 11.8. The van der Waals surface area contributed by atoms with E-state index in [0.717, 1.165) is 18.2 Å². The molecule has 172 valence electrons. The fraction of sp³-hybridized carbons (Fsp3) is 0.238. The van der Waals surface area contributed by atoms with E-state index in [2.05, 4.69) is 15.4 Å². The summed E-state index contributed by atoms with van der Waals surface area (Å²) in [6.45, 7) is 0.191. The number of halogens is 3. The first-order chi connectivity index (χ1) is 15.7. The molecule has 33 heavy (non-hydrogen) atoms. The largest absolute Gasteiger partial charge is 0.416 e. The number of anilines is 1. The Bertz CT molecular complexity index is 1390. The number of nitrogens with one attached hydrogen (secondary N) is 1. The minimum atomic E-state index is -4.58. The molecule has 2 aromatic carbocycles. The number of fused-ring (bicyclic) bond motifs is 1. The van der Waals surface area contributed by atoms with Crippen molar-refractivity contribution in [2.75, 3.05) is 11.9 Å². The summed E-state index contributed by atoms with van der Waals surface area (Å²) in [5.74, 6) is -0.658. The third-order valence-corrected chi connectivity index (χ3v) is 5.02. The second kappa shape index (κ2) is 8.54. The van der Waals surface area contributed by atoms with Crippen LogP contribution in [0.1, 0.15) is 22.3 Å². The molecule has 0 spiro atoms. The number of aryl methyl sites for hydroxylation is 2. The van der Waals surface area contributed by atoms with E-state index in [1.54, 1.807) is 29.8 Å². The van der Waals surface area contributed by atoms with Crippen molar-refractivity contribution >= 4 is 22.9 Å². The molecule has 0 aliphatic rings. The summed E-state index contributed by atoms with van der Waals surface area (Å²) in [5.41, 5.74) is 0.0290. The fourth-order valence-electron chi connectivity index (χ4n) is 3.37. The van der Waals surface area contributed by atoms with Crippen molar-refractivity contribution in [2.24, 2.45) is 7.05 Å². The van der Waals surface area contributed by atoms with Gasteiger partial charge in [-0.1, -0.05) is 6.07 Å². The molecule has 0 fully saturated rings. The molecule has 0 atom stereocenters. The Labute approximate surface area is 184 Å². The lowest BCUT2D eigenvalue weighted by molar-refractivity contribution is -0.137. The van der Waals surface area contributed by atoms with Crippen molar-refractivity contribution < 1.29 is 23.1 Å². The van der Waals surface area contributed by atoms with Gasteiger partial charge in [0.25, 0.3) is 5.91 Å². The molecule has 2 heterocycles. The van der Waals surface area contributed by atoms with Gasteiger partial charge in [-0.3, -0.25) is 14.7 Å². The maximum atomic E-state index is 13.0. The second-order valence-corrected chi connectivity index (χ2v) is 7.31. The Kier molecular flexibility index (Phi) is 5.77. The van der Waals surface area contributed by atoms with Gasteiger partial charge in [0.1, 0.15) is 6.33 Å². The third-order valence-electron chi connectivity index (χ3n) is 5.02. The number of hydrogen-bond acceptors (Lipinski definition) is 5. The molecule has 0 bridgehead atoms. The molecule has 0 radical (unpaired) electrons. The maximum Gasteiger partial charge on any atom is 0.416 e. The summed E-state index contributed by atoms with van der Waals surface area (Å²) in [7, 11) is 1.56. The molecule has 0 unspecified atom stereocenters. The number of alkyl halides is 3. The van der Waals surface area contributed by atoms with Crippen molar-refractivity contribution in [1.29, 1.82) is 0 Å². The molecule has 0 saturated carbocycles. The molecule has 2 N–H and O–H groups in total. The van der Waals surface area contributed by atoms with E-state index in [1.807, 2.05) is 0 Å². The van der Waals surface area contributed by atoms with Crippen molar-refractivity contribution in [2.45, 2.75) is 19.1 Å². The molecule has 0 aliphatic heterocycles. The summed E-state index contributed by atoms with van der Waals surface area (Å²) >= 11 is 0. The fourth-order valence-corrected chi connectivity index (χ4v) is 3.37. The van der Waals surface area contributed by atoms with Gasteiger partial charge in [0, 0.05) is 25.8 Å². The highest BCUT2D eigenvalue weighted by atomic mass is 19.4. The lowest BCUT2D eigenvalue weighted by Gasteiger charge is -2.11. The Hall–Kier alpha value is -3.93. The predicted molar refractivity (Wildman–Crippen MR) is 113 cm³/mol. The van der Waals surface area contributed by atoms with Crippen LogP contribution in [0.3, 0.4) is 0 Å². The minimum absolute atomic E-state index is 0.103. The van der Waals surface area contributed by atoms with E-state index in [4.69, 9.17) is 0 Å². The number of rotatable bonds is 6. The highest BCUT2D eigenvalue weighted by Crippen LogP contribution is 2.30. The summed E-state index contributed by atoms with van der Waals surface area (Å²) in [6.07, 6.45) is -2.85. The van der Waals surface area contributed by atoms with Crippen molar-refractivity contribution in [1.82, 2.24) is 23.9 Å². The Morgan fingerprint density at radius 3 is 2.64 bits per heavy atom. The number of imidazole rings is 1. The van der Waals surface area contributed by atoms with Crippen LogP contribution in [-0.4, -0.2) is 41.5 Å². The highest BCUT2D eigenvalue weighted by Gasteiger charge is 2.31. The number of aliphatic hydroxyl groups is 1. The van der Waals surface area contributed by atoms with Gasteiger partial charge in [-0.15, -0.1) is 0 Å². The Balaban J connectivity index is 1.72. The Morgan fingerprint density at radius 1 is 1.18 bits per heavy atom. The van der Waals surface area contributed by atoms with Gasteiger partial charge in [0.15, 0.2) is 0 Å². The van der Waals surface area contributed by atoms with Crippen LogP contribution in [0.5, 0.6) is 0 Å². The molecule has 0 saturated heterocycles. The average Bonchev–Trinajstić information content (AvgIpc) is 3.30. The molecule has 4 aromatic rings. The molecular formula is C21H19F3N6O3. The molecule has 9 nitrogen and oxygen atoms in total. The molecule has 2 aromatic heterocycles. The lowest BCUT2D eigenvalue weighted by Crippen LogP contribution is -2.21. The van der Waals surface area contributed by atoms with Crippen LogP contribution in [-0.2, 0) is 19.8 Å². The van der Waals surface area contributed by atoms with Gasteiger partial charge in [0.05, 0.1) is 22.3 Å². The van der Waals surface area contributed by atoms with Gasteiger partial charge in [-0.2, -0.15) is 23.0 Å². The zero-order chi connectivity index (χ0) is 23.8. The molecule has 4 rings (SSSR count). The van der Waals surface area contributed by atoms with Crippen molar-refractivity contribution in [3.63, 3.8) is 0 Å². The van der Waals surface area contributed by atoms with E-state index in [9.17, 15) is 27.9 Å². The van der Waals surface area contributed by atoms with Crippen LogP contribution in [0.15, 0.2) is 53.6 Å². The summed E-state index contributed by atoms with van der Waals surface area (Å²) in [4.78, 5) is 29.3. The zero-order valence-corrected chi connectivity index (χ0v) is 17.4. The number of hydrogen-bond donors (Lipinski definition) is 2. The average molecular weight is 460 g/mol. The van der Waals surface area contributed by atoms with Gasteiger partial charge in [0.2, 0.25) is 5.95 Å². The van der Waals surface area contributed by atoms with Gasteiger partial charge < -0.3 is 9.67 Å². The predicted octanol–water partition coefficient (Wildman–Crippen LogP) is 2.57. The minimum Gasteiger partial charge on any atom is -0.396 e. The van der Waals surface area contributed by atoms with Crippen LogP contribution in [0.4, 0.5) is 19.1 Å². The van der Waals surface area contributed by atoms with E-state index in [1.165, 1.54) is 21.6 Å². The topological polar surface area (TPSA) is 107 Å². The van der Waals surface area contributed by atoms with E-state index in [0.29, 0.717) is 29.7 Å². The quantitative estimate of drug-likeness (QED) is 0.460. The molecule has 12 heteroatoms. The number of aromatic nitrogens is 5. The maximum absolute atomic E-state index is 13.0. The summed E-state index contributed by atoms with van der Waals surface area (Å²) in [6, 6.07) is 9.04. The van der Waals surface area contributed by atoms with Gasteiger partial charge in [-0.25, -0.2) is 9.78 Å². The first-order valence-corrected chi connectivity index (χ1v) is 9.90. The lowest BCUT2D eigenvalue weighted by atomic mass is 10.1. The smallest absolute Gasteiger partial charge is 0.396 e. The number of carbonyl (C=O) groups is 1. The summed E-state index contributed by atoms with van der Waals surface area (Å²) < 4.78 is 43.2. The van der Waals surface area contributed by atoms with Gasteiger partial charge in [-0.05, 0) is 42.8 Å². The van der Waals surface area contributed by atoms with E-state index < -0.39 is 17.6 Å². The molecule has 1 amide bonds. The van der Waals surface area contributed by atoms with Crippen LogP contribution in [0, 0.1) is 0 Å². The standard InChI is InChI=1S/C21H19F3N6O3/c1-28-12-25-30(20(28)33)15-6-7-17-16(11-15)26-19(29(17)8-3-9-31)27-18(32)13-4-2-5-14(10-13)21(22,23)24/h2,4-7,10-12,31H,3,8-9H2,1H3,(H,26,27,32). The first-order valence-electron chi connectivity index (χ1n) is 9.90. The van der Waals surface area contributed by atoms with Crippen molar-refractivity contribution in [3.8, 4) is 5.69 Å². The molecular weight excluding hydrogens is 441 g/mol. The van der Waals surface area contributed by atoms with Crippen LogP contribution < -0.4 is 11.0 Å². The SMILES string of the molecule is Cn1cnn(-c2ccc3c(c2)nc(NC(=O)c2cccc(C(F)(F)F)c2)n3CCCO)c1=O. The van der Waals surface area contributed by atoms with Crippen LogP contribution >= 0.6 is 0 Å². The monoisotopic (exact) mass is 460 g/mol. The zero-order valence-electron chi connectivity index (χ0n) is 17.4. The third kappa shape index (κ3) is 4.37. The molecule has 0 aliphatic carbocycles. The second-order valence-electron chi connectivity index (χ2n) is 7.31. The highest BCUT2D eigenvalue weighted by molar-refractivity contribution is 6.04. The Morgan fingerprint density at radius 2 is 1.97 bits per heavy atom. The number of benzene rings is 2. The number of carbonyl (C=O) groups excluding carboxylic acids is 1. The number of nitrogens with zero attached hydrogens (tertiary/aromatic N) is 5. The van der Waals surface area contributed by atoms with Gasteiger partial charge >= 0.3 is 11.9 Å². The summed E-state index contributed by atoms with van der Waals surface area (Å²) in [5, 5.41) is 15.8. The number of amides is 1. The first kappa shape index (κ1) is 22.3. The number of aliphatic hydroxyl groups excluding tert-OH is 1. The van der Waals surface area contributed by atoms with E-state index in [-0.39, 0.29) is 23.8 Å². The van der Waals surface area contributed by atoms with Crippen LogP contribution in [0.25, 0.3) is 16.7 Å². The van der Waals surface area contributed by atoms with Crippen molar-refractivity contribution in [3.05, 3.63) is 70.4 Å². The van der Waals surface area contributed by atoms with E-state index >= 15 is 0 Å². The van der Waals surface area contributed by atoms with Crippen LogP contribution in [0.2, 0.25) is 0 Å².